The number of carbonyl (C=O) groups excluding carboxylic acids is 1. The van der Waals surface area contributed by atoms with Gasteiger partial charge in [0.15, 0.2) is 0 Å². The van der Waals surface area contributed by atoms with Gasteiger partial charge in [-0.2, -0.15) is 0 Å². The molecule has 0 aliphatic carbocycles. The summed E-state index contributed by atoms with van der Waals surface area (Å²) in [6.45, 7) is 4.05. The molecule has 0 bridgehead atoms. The van der Waals surface area contributed by atoms with Crippen molar-refractivity contribution in [2.45, 2.75) is 13.8 Å². The number of hydrogen-bond donors (Lipinski definition) is 3. The van der Waals surface area contributed by atoms with Crippen molar-refractivity contribution in [2.75, 3.05) is 13.2 Å². The van der Waals surface area contributed by atoms with Crippen LogP contribution in [0.5, 0.6) is 0 Å². The first-order chi connectivity index (χ1) is 6.11. The summed E-state index contributed by atoms with van der Waals surface area (Å²) in [6, 6.07) is 0. The maximum atomic E-state index is 10.8. The van der Waals surface area contributed by atoms with Crippen molar-refractivity contribution in [1.82, 2.24) is 5.32 Å². The minimum atomic E-state index is -0.500. The lowest BCUT2D eigenvalue weighted by atomic mass is 10.1. The number of nitrogens with zero attached hydrogens (tertiary/aromatic N) is 1. The molecule has 1 atom stereocenters. The molecule has 0 heterocycles. The van der Waals surface area contributed by atoms with Crippen molar-refractivity contribution in [3.8, 4) is 0 Å². The Bertz CT molecular complexity index is 193. The van der Waals surface area contributed by atoms with Crippen molar-refractivity contribution in [1.29, 1.82) is 0 Å². The quantitative estimate of drug-likeness (QED) is 0.253. The maximum Gasteiger partial charge on any atom is 0.407 e. The molecule has 4 N–H and O–H groups in total. The van der Waals surface area contributed by atoms with Gasteiger partial charge in [0.25, 0.3) is 0 Å². The van der Waals surface area contributed by atoms with Gasteiger partial charge in [0.2, 0.25) is 0 Å². The highest BCUT2D eigenvalue weighted by atomic mass is 16.5. The Morgan fingerprint density at radius 3 is 2.85 bits per heavy atom. The van der Waals surface area contributed by atoms with E-state index in [0.717, 1.165) is 0 Å². The lowest BCUT2D eigenvalue weighted by Crippen LogP contribution is -2.34. The molecule has 0 aromatic rings. The summed E-state index contributed by atoms with van der Waals surface area (Å²) < 4.78 is 4.61. The summed E-state index contributed by atoms with van der Waals surface area (Å²) in [4.78, 5) is 10.8. The number of amidine groups is 1. The van der Waals surface area contributed by atoms with Crippen molar-refractivity contribution >= 4 is 11.9 Å². The number of hydrogen-bond acceptors (Lipinski definition) is 4. The zero-order valence-electron chi connectivity index (χ0n) is 7.78. The average molecular weight is 189 g/mol. The highest BCUT2D eigenvalue weighted by Crippen LogP contribution is 1.92. The maximum absolute atomic E-state index is 10.8. The third-order valence-electron chi connectivity index (χ3n) is 1.45. The predicted molar refractivity (Wildman–Crippen MR) is 47.6 cm³/mol. The fourth-order valence-electron chi connectivity index (χ4n) is 0.622. The minimum Gasteiger partial charge on any atom is -0.450 e. The van der Waals surface area contributed by atoms with Crippen LogP contribution in [0.25, 0.3) is 0 Å². The third kappa shape index (κ3) is 4.89. The normalized spacial score (nSPS) is 13.5. The van der Waals surface area contributed by atoms with Gasteiger partial charge in [-0.25, -0.2) is 4.79 Å². The zero-order chi connectivity index (χ0) is 10.3. The van der Waals surface area contributed by atoms with Crippen LogP contribution in [0.3, 0.4) is 0 Å². The molecule has 0 aromatic heterocycles. The van der Waals surface area contributed by atoms with Gasteiger partial charge in [0.05, 0.1) is 6.61 Å². The van der Waals surface area contributed by atoms with Crippen LogP contribution < -0.4 is 11.1 Å². The van der Waals surface area contributed by atoms with E-state index in [1.54, 1.807) is 13.8 Å². The third-order valence-corrected chi connectivity index (χ3v) is 1.45. The molecule has 0 radical (unpaired) electrons. The summed E-state index contributed by atoms with van der Waals surface area (Å²) in [6.07, 6.45) is -0.500. The van der Waals surface area contributed by atoms with E-state index in [1.165, 1.54) is 0 Å². The van der Waals surface area contributed by atoms with E-state index in [1.807, 2.05) is 0 Å². The van der Waals surface area contributed by atoms with Crippen LogP contribution in [0.4, 0.5) is 4.79 Å². The number of nitrogens with two attached hydrogens (primary N) is 1. The fraction of sp³-hybridized carbons (Fsp3) is 0.714. The number of alkyl carbamates (subject to hydrolysis) is 1. The number of amides is 1. The Kier molecular flexibility index (Phi) is 5.42. The molecule has 0 aliphatic heterocycles. The monoisotopic (exact) mass is 189 g/mol. The molecule has 76 valence electrons. The molecule has 0 aromatic carbocycles. The Labute approximate surface area is 76.7 Å². The molecule has 0 saturated carbocycles. The van der Waals surface area contributed by atoms with Crippen molar-refractivity contribution in [3.05, 3.63) is 0 Å². The van der Waals surface area contributed by atoms with E-state index >= 15 is 0 Å². The van der Waals surface area contributed by atoms with E-state index in [-0.39, 0.29) is 18.3 Å². The summed E-state index contributed by atoms with van der Waals surface area (Å²) >= 11 is 0. The van der Waals surface area contributed by atoms with Gasteiger partial charge in [-0.1, -0.05) is 12.1 Å². The Morgan fingerprint density at radius 1 is 1.77 bits per heavy atom. The first-order valence-corrected chi connectivity index (χ1v) is 3.99. The molecule has 6 nitrogen and oxygen atoms in total. The van der Waals surface area contributed by atoms with E-state index < -0.39 is 6.09 Å². The van der Waals surface area contributed by atoms with Crippen LogP contribution in [0.2, 0.25) is 0 Å². The molecular weight excluding hydrogens is 174 g/mol. The lowest BCUT2D eigenvalue weighted by Gasteiger charge is -2.10. The largest absolute Gasteiger partial charge is 0.450 e. The van der Waals surface area contributed by atoms with E-state index in [4.69, 9.17) is 10.9 Å². The van der Waals surface area contributed by atoms with E-state index in [0.29, 0.717) is 6.61 Å². The van der Waals surface area contributed by atoms with Crippen LogP contribution in [0.1, 0.15) is 13.8 Å². The van der Waals surface area contributed by atoms with Crippen LogP contribution in [0.15, 0.2) is 5.16 Å². The number of ether oxygens (including phenoxy) is 1. The molecule has 1 amide bonds. The summed E-state index contributed by atoms with van der Waals surface area (Å²) in [5, 5.41) is 13.6. The Hall–Kier alpha value is -1.46. The van der Waals surface area contributed by atoms with Gasteiger partial charge in [-0.05, 0) is 6.92 Å². The van der Waals surface area contributed by atoms with Crippen molar-refractivity contribution in [2.24, 2.45) is 16.8 Å². The minimum absolute atomic E-state index is 0.0804. The number of nitrogens with one attached hydrogen (secondary N) is 1. The van der Waals surface area contributed by atoms with Crippen LogP contribution in [-0.4, -0.2) is 30.3 Å². The summed E-state index contributed by atoms with van der Waals surface area (Å²) in [5.74, 6) is -0.133. The van der Waals surface area contributed by atoms with Crippen molar-refractivity contribution < 1.29 is 14.7 Å². The number of rotatable bonds is 4. The number of oxime groups is 1. The molecule has 0 saturated heterocycles. The van der Waals surface area contributed by atoms with Crippen LogP contribution in [0, 0.1) is 5.92 Å². The highest BCUT2D eigenvalue weighted by molar-refractivity contribution is 5.82. The standard InChI is InChI=1S/C7H15N3O3/c1-3-13-7(11)9-4-5(2)6(8)10-12/h5,12H,3-4H2,1-2H3,(H2,8,10)(H,9,11). The molecule has 0 spiro atoms. The van der Waals surface area contributed by atoms with Gasteiger partial charge in [0.1, 0.15) is 5.84 Å². The van der Waals surface area contributed by atoms with Crippen LogP contribution in [-0.2, 0) is 4.74 Å². The smallest absolute Gasteiger partial charge is 0.407 e. The molecular formula is C7H15N3O3. The van der Waals surface area contributed by atoms with E-state index in [9.17, 15) is 4.79 Å². The molecule has 1 unspecified atom stereocenters. The van der Waals surface area contributed by atoms with E-state index in [2.05, 4.69) is 15.2 Å². The highest BCUT2D eigenvalue weighted by Gasteiger charge is 2.09. The second-order valence-electron chi connectivity index (χ2n) is 2.53. The molecule has 0 aliphatic rings. The lowest BCUT2D eigenvalue weighted by molar-refractivity contribution is 0.151. The first-order valence-electron chi connectivity index (χ1n) is 3.99. The second kappa shape index (κ2) is 6.10. The predicted octanol–water partition coefficient (Wildman–Crippen LogP) is 0.115. The van der Waals surface area contributed by atoms with Gasteiger partial charge >= 0.3 is 6.09 Å². The SMILES string of the molecule is CCOC(=O)NCC(C)C(N)=NO. The second-order valence-corrected chi connectivity index (χ2v) is 2.53. The molecule has 0 rings (SSSR count). The first kappa shape index (κ1) is 11.5. The Balaban J connectivity index is 3.70. The van der Waals surface area contributed by atoms with Crippen LogP contribution >= 0.6 is 0 Å². The summed E-state index contributed by atoms with van der Waals surface area (Å²) in [5.41, 5.74) is 5.28. The topological polar surface area (TPSA) is 96.9 Å². The molecule has 6 heteroatoms. The number of carbonyl (C=O) groups is 1. The molecule has 0 fully saturated rings. The van der Waals surface area contributed by atoms with Gasteiger partial charge in [0, 0.05) is 12.5 Å². The van der Waals surface area contributed by atoms with Crippen molar-refractivity contribution in [3.63, 3.8) is 0 Å². The average Bonchev–Trinajstić information content (AvgIpc) is 2.13. The fourth-order valence-corrected chi connectivity index (χ4v) is 0.622. The Morgan fingerprint density at radius 2 is 2.38 bits per heavy atom. The van der Waals surface area contributed by atoms with Gasteiger partial charge < -0.3 is 21.0 Å². The zero-order valence-corrected chi connectivity index (χ0v) is 7.78. The van der Waals surface area contributed by atoms with Gasteiger partial charge in [-0.3, -0.25) is 0 Å². The molecule has 13 heavy (non-hydrogen) atoms. The van der Waals surface area contributed by atoms with Gasteiger partial charge in [-0.15, -0.1) is 0 Å². The summed E-state index contributed by atoms with van der Waals surface area (Å²) in [7, 11) is 0.